The van der Waals surface area contributed by atoms with Gasteiger partial charge in [-0.25, -0.2) is 4.98 Å². The SMILES string of the molecule is Cc1nncnc1NC(C)C. The van der Waals surface area contributed by atoms with Crippen LogP contribution in [0.1, 0.15) is 19.5 Å². The van der Waals surface area contributed by atoms with Gasteiger partial charge in [0.05, 0.1) is 0 Å². The number of hydrogen-bond donors (Lipinski definition) is 1. The molecule has 0 aliphatic heterocycles. The molecule has 0 aliphatic carbocycles. The number of aromatic nitrogens is 3. The maximum absolute atomic E-state index is 4.03. The van der Waals surface area contributed by atoms with Crippen LogP contribution in [-0.2, 0) is 0 Å². The van der Waals surface area contributed by atoms with Crippen LogP contribution in [0.4, 0.5) is 5.82 Å². The lowest BCUT2D eigenvalue weighted by Crippen LogP contribution is -2.13. The molecule has 0 fully saturated rings. The smallest absolute Gasteiger partial charge is 0.151 e. The maximum atomic E-state index is 4.03. The van der Waals surface area contributed by atoms with Crippen molar-refractivity contribution in [2.75, 3.05) is 5.32 Å². The zero-order chi connectivity index (χ0) is 8.27. The molecule has 0 aromatic carbocycles. The first-order valence-corrected chi connectivity index (χ1v) is 3.61. The van der Waals surface area contributed by atoms with Crippen LogP contribution in [0.5, 0.6) is 0 Å². The van der Waals surface area contributed by atoms with Gasteiger partial charge in [0, 0.05) is 6.04 Å². The molecule has 0 unspecified atom stereocenters. The van der Waals surface area contributed by atoms with Gasteiger partial charge in [-0.3, -0.25) is 0 Å². The van der Waals surface area contributed by atoms with Gasteiger partial charge < -0.3 is 5.32 Å². The lowest BCUT2D eigenvalue weighted by Gasteiger charge is -2.08. The van der Waals surface area contributed by atoms with Crippen LogP contribution in [0.3, 0.4) is 0 Å². The summed E-state index contributed by atoms with van der Waals surface area (Å²) < 4.78 is 0. The summed E-state index contributed by atoms with van der Waals surface area (Å²) in [6, 6.07) is 0.380. The number of aryl methyl sites for hydroxylation is 1. The third kappa shape index (κ3) is 2.14. The Morgan fingerprint density at radius 3 is 2.73 bits per heavy atom. The summed E-state index contributed by atoms with van der Waals surface area (Å²) in [5.74, 6) is 0.815. The highest BCUT2D eigenvalue weighted by atomic mass is 15.2. The summed E-state index contributed by atoms with van der Waals surface area (Å²) in [6.07, 6.45) is 1.44. The monoisotopic (exact) mass is 152 g/mol. The van der Waals surface area contributed by atoms with E-state index in [1.807, 2.05) is 6.92 Å². The number of nitrogens with one attached hydrogen (secondary N) is 1. The van der Waals surface area contributed by atoms with Crippen LogP contribution in [0.25, 0.3) is 0 Å². The van der Waals surface area contributed by atoms with E-state index in [0.29, 0.717) is 6.04 Å². The molecule has 4 nitrogen and oxygen atoms in total. The normalized spacial score (nSPS) is 10.2. The lowest BCUT2D eigenvalue weighted by atomic mass is 10.3. The molecule has 1 N–H and O–H groups in total. The molecular formula is C7H12N4. The Kier molecular flexibility index (Phi) is 2.36. The summed E-state index contributed by atoms with van der Waals surface area (Å²) in [5, 5.41) is 10.7. The second-order valence-corrected chi connectivity index (χ2v) is 2.69. The second kappa shape index (κ2) is 3.27. The van der Waals surface area contributed by atoms with Crippen molar-refractivity contribution in [3.63, 3.8) is 0 Å². The van der Waals surface area contributed by atoms with Crippen LogP contribution in [0.2, 0.25) is 0 Å². The van der Waals surface area contributed by atoms with E-state index >= 15 is 0 Å². The molecule has 0 spiro atoms. The van der Waals surface area contributed by atoms with Crippen molar-refractivity contribution in [2.24, 2.45) is 0 Å². The van der Waals surface area contributed by atoms with Gasteiger partial charge in [-0.15, -0.1) is 5.10 Å². The van der Waals surface area contributed by atoms with Gasteiger partial charge in [0.25, 0.3) is 0 Å². The van der Waals surface area contributed by atoms with E-state index in [9.17, 15) is 0 Å². The van der Waals surface area contributed by atoms with Gasteiger partial charge in [0.2, 0.25) is 0 Å². The van der Waals surface area contributed by atoms with Gasteiger partial charge in [-0.2, -0.15) is 5.10 Å². The molecule has 0 saturated heterocycles. The fraction of sp³-hybridized carbons (Fsp3) is 0.571. The minimum absolute atomic E-state index is 0.380. The summed E-state index contributed by atoms with van der Waals surface area (Å²) >= 11 is 0. The number of nitrogens with zero attached hydrogens (tertiary/aromatic N) is 3. The maximum Gasteiger partial charge on any atom is 0.151 e. The van der Waals surface area contributed by atoms with E-state index in [1.54, 1.807) is 0 Å². The third-order valence-corrected chi connectivity index (χ3v) is 1.21. The van der Waals surface area contributed by atoms with Crippen LogP contribution in [0.15, 0.2) is 6.33 Å². The highest BCUT2D eigenvalue weighted by Crippen LogP contribution is 2.05. The van der Waals surface area contributed by atoms with E-state index < -0.39 is 0 Å². The zero-order valence-corrected chi connectivity index (χ0v) is 7.00. The molecule has 1 aromatic heterocycles. The minimum Gasteiger partial charge on any atom is -0.366 e. The second-order valence-electron chi connectivity index (χ2n) is 2.69. The predicted molar refractivity (Wildman–Crippen MR) is 43.3 cm³/mol. The lowest BCUT2D eigenvalue weighted by molar-refractivity contribution is 0.855. The zero-order valence-electron chi connectivity index (χ0n) is 7.00. The van der Waals surface area contributed by atoms with Crippen LogP contribution in [-0.4, -0.2) is 21.2 Å². The Hall–Kier alpha value is -1.19. The molecular weight excluding hydrogens is 140 g/mol. The van der Waals surface area contributed by atoms with Crippen LogP contribution < -0.4 is 5.32 Å². The van der Waals surface area contributed by atoms with E-state index in [2.05, 4.69) is 34.3 Å². The fourth-order valence-corrected chi connectivity index (χ4v) is 0.752. The number of rotatable bonds is 2. The molecule has 1 rings (SSSR count). The van der Waals surface area contributed by atoms with E-state index in [0.717, 1.165) is 11.5 Å². The first kappa shape index (κ1) is 7.91. The predicted octanol–water partition coefficient (Wildman–Crippen LogP) is 1.00. The Bertz CT molecular complexity index is 234. The van der Waals surface area contributed by atoms with Crippen molar-refractivity contribution < 1.29 is 0 Å². The Labute approximate surface area is 66.1 Å². The Morgan fingerprint density at radius 2 is 2.18 bits per heavy atom. The molecule has 0 amide bonds. The van der Waals surface area contributed by atoms with Crippen molar-refractivity contribution in [1.82, 2.24) is 15.2 Å². The van der Waals surface area contributed by atoms with Gasteiger partial charge >= 0.3 is 0 Å². The summed E-state index contributed by atoms with van der Waals surface area (Å²) in [7, 11) is 0. The van der Waals surface area contributed by atoms with Crippen molar-refractivity contribution in [1.29, 1.82) is 0 Å². The molecule has 0 aliphatic rings. The quantitative estimate of drug-likeness (QED) is 0.686. The molecule has 1 heterocycles. The van der Waals surface area contributed by atoms with Crippen LogP contribution in [0, 0.1) is 6.92 Å². The van der Waals surface area contributed by atoms with Gasteiger partial charge in [-0.05, 0) is 20.8 Å². The largest absolute Gasteiger partial charge is 0.366 e. The molecule has 11 heavy (non-hydrogen) atoms. The average Bonchev–Trinajstić information content (AvgIpc) is 1.93. The topological polar surface area (TPSA) is 50.7 Å². The average molecular weight is 152 g/mol. The summed E-state index contributed by atoms with van der Waals surface area (Å²) in [6.45, 7) is 5.99. The molecule has 0 atom stereocenters. The molecule has 0 bridgehead atoms. The molecule has 4 heteroatoms. The first-order chi connectivity index (χ1) is 5.20. The fourth-order valence-electron chi connectivity index (χ4n) is 0.752. The Morgan fingerprint density at radius 1 is 1.45 bits per heavy atom. The number of anilines is 1. The number of hydrogen-bond acceptors (Lipinski definition) is 4. The Balaban J connectivity index is 2.78. The van der Waals surface area contributed by atoms with Gasteiger partial charge in [0.1, 0.15) is 12.0 Å². The highest BCUT2D eigenvalue weighted by Gasteiger charge is 2.00. The van der Waals surface area contributed by atoms with Crippen molar-refractivity contribution in [3.8, 4) is 0 Å². The molecule has 60 valence electrons. The van der Waals surface area contributed by atoms with E-state index in [4.69, 9.17) is 0 Å². The van der Waals surface area contributed by atoms with Crippen molar-refractivity contribution >= 4 is 5.82 Å². The molecule has 0 radical (unpaired) electrons. The summed E-state index contributed by atoms with van der Waals surface area (Å²) in [4.78, 5) is 4.03. The van der Waals surface area contributed by atoms with Crippen molar-refractivity contribution in [3.05, 3.63) is 12.0 Å². The van der Waals surface area contributed by atoms with E-state index in [1.165, 1.54) is 6.33 Å². The molecule has 1 aromatic rings. The first-order valence-electron chi connectivity index (χ1n) is 3.61. The van der Waals surface area contributed by atoms with E-state index in [-0.39, 0.29) is 0 Å². The standard InChI is InChI=1S/C7H12N4/c1-5(2)10-7-6(3)11-9-4-8-7/h4-5H,1-3H3,(H,8,9,10). The molecule has 0 saturated carbocycles. The van der Waals surface area contributed by atoms with Gasteiger partial charge in [0.15, 0.2) is 5.82 Å². The highest BCUT2D eigenvalue weighted by molar-refractivity contribution is 5.37. The minimum atomic E-state index is 0.380. The van der Waals surface area contributed by atoms with Crippen LogP contribution >= 0.6 is 0 Å². The van der Waals surface area contributed by atoms with Gasteiger partial charge in [-0.1, -0.05) is 0 Å². The summed E-state index contributed by atoms with van der Waals surface area (Å²) in [5.41, 5.74) is 0.834. The third-order valence-electron chi connectivity index (χ3n) is 1.21. The van der Waals surface area contributed by atoms with Crippen molar-refractivity contribution in [2.45, 2.75) is 26.8 Å².